The molecule has 0 radical (unpaired) electrons. The van der Waals surface area contributed by atoms with E-state index in [1.807, 2.05) is 0 Å². The van der Waals surface area contributed by atoms with E-state index in [-0.39, 0.29) is 57.1 Å². The van der Waals surface area contributed by atoms with Gasteiger partial charge in [0.1, 0.15) is 9.79 Å². The van der Waals surface area contributed by atoms with E-state index in [9.17, 15) is 42.8 Å². The Labute approximate surface area is 295 Å². The number of anilines is 2. The molecular formula is C26H28N6O12S6. The highest BCUT2D eigenvalue weighted by Crippen LogP contribution is 2.34. The number of aryl methyl sites for hydroxylation is 1. The average Bonchev–Trinajstić information content (AvgIpc) is 2.98. The highest BCUT2D eigenvalue weighted by atomic mass is 32.2. The van der Waals surface area contributed by atoms with Crippen molar-refractivity contribution < 1.29 is 51.9 Å². The van der Waals surface area contributed by atoms with Crippen LogP contribution in [0.15, 0.2) is 78.9 Å². The third kappa shape index (κ3) is 11.9. The third-order valence-corrected chi connectivity index (χ3v) is 11.6. The number of hydrogen-bond acceptors (Lipinski definition) is 16. The second-order valence-corrected chi connectivity index (χ2v) is 18.3. The highest BCUT2D eigenvalue weighted by molar-refractivity contribution is 7.99. The summed E-state index contributed by atoms with van der Waals surface area (Å²) in [4.78, 5) is 11.7. The number of rotatable bonds is 16. The molecule has 5 N–H and O–H groups in total. The van der Waals surface area contributed by atoms with Crippen LogP contribution in [0.25, 0.3) is 10.8 Å². The van der Waals surface area contributed by atoms with Gasteiger partial charge in [-0.1, -0.05) is 35.7 Å². The standard InChI is InChI=1S/C26H28N6O12S6/c1-16-13-17(27-24-28-25(45-9-3-11-47(33,34)35)30-26(29-24)46-10-4-12-48(36,37)38)7-8-21(16)32-31-18-14-20-19(23(15-18)50(42,43)44)5-2-6-22(20)49(39,40)41/h2,5-8,13-15H,3-4,9-12H2,1H3,(H,33,34,35)(H,36,37,38)(H,39,40,41)(H,42,43,44)(H,27,28,29,30). The van der Waals surface area contributed by atoms with Crippen LogP contribution in [0.2, 0.25) is 0 Å². The largest absolute Gasteiger partial charge is 0.324 e. The molecule has 0 atom stereocenters. The van der Waals surface area contributed by atoms with E-state index >= 15 is 0 Å². The molecule has 0 aliphatic heterocycles. The predicted octanol–water partition coefficient (Wildman–Crippen LogP) is 4.73. The van der Waals surface area contributed by atoms with Crippen LogP contribution in [-0.2, 0) is 40.5 Å². The van der Waals surface area contributed by atoms with Gasteiger partial charge in [-0.2, -0.15) is 58.9 Å². The summed E-state index contributed by atoms with van der Waals surface area (Å²) in [7, 11) is -17.9. The van der Waals surface area contributed by atoms with E-state index < -0.39 is 61.8 Å². The smallest absolute Gasteiger partial charge is 0.295 e. The number of thioether (sulfide) groups is 2. The minimum Gasteiger partial charge on any atom is -0.324 e. The van der Waals surface area contributed by atoms with Crippen LogP contribution in [0.5, 0.6) is 0 Å². The first kappa shape index (κ1) is 39.5. The van der Waals surface area contributed by atoms with Crippen molar-refractivity contribution in [1.82, 2.24) is 15.0 Å². The number of benzene rings is 3. The van der Waals surface area contributed by atoms with Crippen molar-refractivity contribution in [3.05, 3.63) is 54.1 Å². The minimum atomic E-state index is -4.85. The quantitative estimate of drug-likeness (QED) is 0.0442. The molecule has 3 aromatic carbocycles. The normalized spacial score (nSPS) is 12.9. The average molecular weight is 809 g/mol. The zero-order valence-electron chi connectivity index (χ0n) is 25.6. The molecule has 0 saturated heterocycles. The molecule has 0 fully saturated rings. The van der Waals surface area contributed by atoms with Gasteiger partial charge in [-0.25, -0.2) is 0 Å². The maximum Gasteiger partial charge on any atom is 0.295 e. The highest BCUT2D eigenvalue weighted by Gasteiger charge is 2.21. The zero-order chi connectivity index (χ0) is 36.9. The Hall–Kier alpha value is -3.33. The lowest BCUT2D eigenvalue weighted by molar-refractivity contribution is 0.480. The Balaban J connectivity index is 1.59. The molecule has 0 amide bonds. The van der Waals surface area contributed by atoms with Crippen LogP contribution in [0, 0.1) is 6.92 Å². The van der Waals surface area contributed by atoms with Crippen molar-refractivity contribution in [3.8, 4) is 0 Å². The molecule has 0 bridgehead atoms. The first-order chi connectivity index (χ1) is 23.2. The Morgan fingerprint density at radius 1 is 0.680 bits per heavy atom. The van der Waals surface area contributed by atoms with Gasteiger partial charge in [0.05, 0.1) is 22.9 Å². The van der Waals surface area contributed by atoms with Gasteiger partial charge in [-0.05, 0) is 61.7 Å². The summed E-state index contributed by atoms with van der Waals surface area (Å²) < 4.78 is 130. The van der Waals surface area contributed by atoms with E-state index in [0.717, 1.165) is 35.7 Å². The van der Waals surface area contributed by atoms with Gasteiger partial charge in [0.25, 0.3) is 40.5 Å². The van der Waals surface area contributed by atoms with Crippen molar-refractivity contribution >= 4 is 97.8 Å². The molecule has 50 heavy (non-hydrogen) atoms. The maximum atomic E-state index is 12.1. The van der Waals surface area contributed by atoms with E-state index in [4.69, 9.17) is 9.11 Å². The van der Waals surface area contributed by atoms with Crippen molar-refractivity contribution in [2.75, 3.05) is 28.3 Å². The van der Waals surface area contributed by atoms with E-state index in [2.05, 4.69) is 30.5 Å². The van der Waals surface area contributed by atoms with Crippen molar-refractivity contribution in [1.29, 1.82) is 0 Å². The molecule has 18 nitrogen and oxygen atoms in total. The van der Waals surface area contributed by atoms with E-state index in [1.54, 1.807) is 25.1 Å². The molecule has 24 heteroatoms. The van der Waals surface area contributed by atoms with Gasteiger partial charge >= 0.3 is 0 Å². The van der Waals surface area contributed by atoms with Crippen LogP contribution in [0.1, 0.15) is 18.4 Å². The molecule has 0 unspecified atom stereocenters. The van der Waals surface area contributed by atoms with Gasteiger partial charge in [-0.3, -0.25) is 18.2 Å². The lowest BCUT2D eigenvalue weighted by Gasteiger charge is -2.10. The predicted molar refractivity (Wildman–Crippen MR) is 186 cm³/mol. The molecule has 1 aromatic heterocycles. The fourth-order valence-corrected chi connectivity index (χ4v) is 8.64. The third-order valence-electron chi connectivity index (χ3n) is 6.33. The van der Waals surface area contributed by atoms with Gasteiger partial charge in [0, 0.05) is 28.0 Å². The maximum absolute atomic E-state index is 12.1. The van der Waals surface area contributed by atoms with Crippen molar-refractivity contribution in [3.63, 3.8) is 0 Å². The van der Waals surface area contributed by atoms with Gasteiger partial charge in [0.2, 0.25) is 5.95 Å². The molecule has 1 heterocycles. The molecule has 4 aromatic rings. The first-order valence-electron chi connectivity index (χ1n) is 13.9. The van der Waals surface area contributed by atoms with Gasteiger partial charge in [-0.15, -0.1) is 0 Å². The van der Waals surface area contributed by atoms with E-state index in [1.165, 1.54) is 18.2 Å². The molecule has 4 rings (SSSR count). The second-order valence-electron chi connectivity index (χ2n) is 10.3. The lowest BCUT2D eigenvalue weighted by Crippen LogP contribution is -2.06. The number of nitrogens with one attached hydrogen (secondary N) is 1. The Morgan fingerprint density at radius 2 is 1.26 bits per heavy atom. The summed E-state index contributed by atoms with van der Waals surface area (Å²) in [6.45, 7) is 1.68. The summed E-state index contributed by atoms with van der Waals surface area (Å²) in [6.07, 6.45) is 0.226. The Kier molecular flexibility index (Phi) is 12.6. The van der Waals surface area contributed by atoms with Crippen molar-refractivity contribution in [2.45, 2.75) is 39.9 Å². The molecule has 0 saturated carbocycles. The zero-order valence-corrected chi connectivity index (χ0v) is 30.5. The fraction of sp³-hybridized carbons (Fsp3) is 0.269. The summed E-state index contributed by atoms with van der Waals surface area (Å²) in [5.41, 5.74) is 1.21. The number of aromatic nitrogens is 3. The summed E-state index contributed by atoms with van der Waals surface area (Å²) >= 11 is 2.21. The SMILES string of the molecule is Cc1cc(Nc2nc(SCCCS(=O)(=O)O)nc(SCCCS(=O)(=O)O)n2)ccc1N=Nc1cc(S(=O)(=O)O)c2cccc(S(=O)(=O)O)c2c1. The number of azo groups is 1. The fourth-order valence-electron chi connectivity index (χ4n) is 4.22. The number of nitrogens with zero attached hydrogens (tertiary/aromatic N) is 5. The van der Waals surface area contributed by atoms with Crippen LogP contribution in [0.4, 0.5) is 23.0 Å². The summed E-state index contributed by atoms with van der Waals surface area (Å²) in [5.74, 6) is -0.328. The molecular weight excluding hydrogens is 781 g/mol. The first-order valence-corrected chi connectivity index (χ1v) is 22.0. The molecule has 270 valence electrons. The van der Waals surface area contributed by atoms with Crippen molar-refractivity contribution in [2.24, 2.45) is 10.2 Å². The summed E-state index contributed by atoms with van der Waals surface area (Å²) in [6, 6.07) is 10.5. The molecule has 0 aliphatic carbocycles. The molecule has 0 spiro atoms. The van der Waals surface area contributed by atoms with Crippen LogP contribution in [0.3, 0.4) is 0 Å². The lowest BCUT2D eigenvalue weighted by atomic mass is 10.1. The Morgan fingerprint density at radius 3 is 1.78 bits per heavy atom. The van der Waals surface area contributed by atoms with Gasteiger partial charge < -0.3 is 5.32 Å². The second kappa shape index (κ2) is 15.9. The van der Waals surface area contributed by atoms with Crippen LogP contribution >= 0.6 is 23.5 Å². The number of fused-ring (bicyclic) bond motifs is 1. The molecule has 0 aliphatic rings. The topological polar surface area (TPSA) is 293 Å². The monoisotopic (exact) mass is 808 g/mol. The summed E-state index contributed by atoms with van der Waals surface area (Å²) in [5, 5.41) is 11.2. The van der Waals surface area contributed by atoms with E-state index in [0.29, 0.717) is 16.9 Å². The Bertz CT molecular complexity index is 2330. The van der Waals surface area contributed by atoms with Gasteiger partial charge in [0.15, 0.2) is 10.3 Å². The van der Waals surface area contributed by atoms with Crippen LogP contribution in [-0.4, -0.2) is 89.8 Å². The minimum absolute atomic E-state index is 0.0897. The van der Waals surface area contributed by atoms with Crippen LogP contribution < -0.4 is 5.32 Å². The number of hydrogen-bond donors (Lipinski definition) is 5.